The fourth-order valence-electron chi connectivity index (χ4n) is 1.21. The van der Waals surface area contributed by atoms with Crippen LogP contribution in [0.3, 0.4) is 0 Å². The summed E-state index contributed by atoms with van der Waals surface area (Å²) in [5.41, 5.74) is 0.513. The maximum Gasteiger partial charge on any atom is 0.255 e. The first-order valence-corrected chi connectivity index (χ1v) is 6.34. The molecule has 0 fully saturated rings. The van der Waals surface area contributed by atoms with Crippen LogP contribution in [0.4, 0.5) is 0 Å². The van der Waals surface area contributed by atoms with Crippen molar-refractivity contribution in [3.63, 3.8) is 0 Å². The molecule has 1 N–H and O–H groups in total. The van der Waals surface area contributed by atoms with E-state index in [-0.39, 0.29) is 5.91 Å². The smallest absolute Gasteiger partial charge is 0.255 e. The normalized spacial score (nSPS) is 10.3. The minimum Gasteiger partial charge on any atom is -0.457 e. The second kappa shape index (κ2) is 5.27. The Kier molecular flexibility index (Phi) is 3.74. The Morgan fingerprint density at radius 1 is 1.62 bits per heavy atom. The lowest BCUT2D eigenvalue weighted by Crippen LogP contribution is -2.25. The van der Waals surface area contributed by atoms with E-state index in [1.54, 1.807) is 23.6 Å². The Morgan fingerprint density at radius 3 is 3.12 bits per heavy atom. The van der Waals surface area contributed by atoms with Crippen molar-refractivity contribution in [2.24, 2.45) is 0 Å². The zero-order valence-electron chi connectivity index (χ0n) is 8.27. The number of amides is 1. The van der Waals surface area contributed by atoms with E-state index in [0.717, 1.165) is 11.4 Å². The SMILES string of the molecule is O=C(NCCc1nccs1)c1ccoc1Br. The van der Waals surface area contributed by atoms with Crippen molar-refractivity contribution >= 4 is 33.2 Å². The first-order valence-electron chi connectivity index (χ1n) is 4.67. The molecule has 0 aliphatic rings. The molecule has 2 rings (SSSR count). The summed E-state index contributed by atoms with van der Waals surface area (Å²) in [4.78, 5) is 15.8. The minimum absolute atomic E-state index is 0.141. The Labute approximate surface area is 105 Å². The molecular formula is C10H9BrN2O2S. The summed E-state index contributed by atoms with van der Waals surface area (Å²) in [5, 5.41) is 5.74. The number of rotatable bonds is 4. The molecule has 2 aromatic rings. The number of nitrogens with zero attached hydrogens (tertiary/aromatic N) is 1. The first-order chi connectivity index (χ1) is 7.77. The van der Waals surface area contributed by atoms with Gasteiger partial charge in [-0.1, -0.05) is 0 Å². The second-order valence-corrected chi connectivity index (χ2v) is 4.74. The third-order valence-corrected chi connectivity index (χ3v) is 3.42. The average Bonchev–Trinajstić information content (AvgIpc) is 2.88. The number of thiazole rings is 1. The van der Waals surface area contributed by atoms with Crippen LogP contribution in [0.5, 0.6) is 0 Å². The second-order valence-electron chi connectivity index (χ2n) is 3.04. The highest BCUT2D eigenvalue weighted by molar-refractivity contribution is 9.10. The molecule has 0 aromatic carbocycles. The van der Waals surface area contributed by atoms with E-state index < -0.39 is 0 Å². The van der Waals surface area contributed by atoms with Crippen molar-refractivity contribution < 1.29 is 9.21 Å². The molecule has 0 radical (unpaired) electrons. The van der Waals surface area contributed by atoms with Crippen LogP contribution in [0.25, 0.3) is 0 Å². The van der Waals surface area contributed by atoms with Gasteiger partial charge >= 0.3 is 0 Å². The molecule has 0 saturated heterocycles. The number of carbonyl (C=O) groups excluding carboxylic acids is 1. The zero-order chi connectivity index (χ0) is 11.4. The van der Waals surface area contributed by atoms with Gasteiger partial charge in [0.1, 0.15) is 0 Å². The van der Waals surface area contributed by atoms with Crippen LogP contribution in [0.1, 0.15) is 15.4 Å². The molecule has 2 heterocycles. The van der Waals surface area contributed by atoms with Crippen LogP contribution in [-0.4, -0.2) is 17.4 Å². The number of hydrogen-bond acceptors (Lipinski definition) is 4. The molecule has 2 aromatic heterocycles. The number of furan rings is 1. The molecule has 0 aliphatic heterocycles. The van der Waals surface area contributed by atoms with E-state index in [0.29, 0.717) is 16.8 Å². The van der Waals surface area contributed by atoms with Crippen LogP contribution < -0.4 is 5.32 Å². The van der Waals surface area contributed by atoms with Gasteiger partial charge < -0.3 is 9.73 Å². The number of carbonyl (C=O) groups is 1. The van der Waals surface area contributed by atoms with Crippen molar-refractivity contribution in [2.45, 2.75) is 6.42 Å². The summed E-state index contributed by atoms with van der Waals surface area (Å²) in [6, 6.07) is 1.63. The summed E-state index contributed by atoms with van der Waals surface area (Å²) >= 11 is 4.74. The van der Waals surface area contributed by atoms with Crippen molar-refractivity contribution in [2.75, 3.05) is 6.54 Å². The van der Waals surface area contributed by atoms with Crippen molar-refractivity contribution in [3.05, 3.63) is 39.1 Å². The summed E-state index contributed by atoms with van der Waals surface area (Å²) in [5.74, 6) is -0.141. The van der Waals surface area contributed by atoms with Crippen molar-refractivity contribution in [1.29, 1.82) is 0 Å². The van der Waals surface area contributed by atoms with Crippen molar-refractivity contribution in [1.82, 2.24) is 10.3 Å². The van der Waals surface area contributed by atoms with E-state index in [2.05, 4.69) is 26.2 Å². The lowest BCUT2D eigenvalue weighted by Gasteiger charge is -2.01. The van der Waals surface area contributed by atoms with Crippen LogP contribution in [0.15, 0.2) is 33.0 Å². The van der Waals surface area contributed by atoms with E-state index in [1.165, 1.54) is 6.26 Å². The highest BCUT2D eigenvalue weighted by Gasteiger charge is 2.11. The Morgan fingerprint density at radius 2 is 2.50 bits per heavy atom. The predicted octanol–water partition coefficient (Wildman–Crippen LogP) is 2.47. The molecule has 6 heteroatoms. The first kappa shape index (κ1) is 11.3. The summed E-state index contributed by atoms with van der Waals surface area (Å²) in [6.45, 7) is 0.573. The van der Waals surface area contributed by atoms with Crippen LogP contribution in [0.2, 0.25) is 0 Å². The van der Waals surface area contributed by atoms with Crippen LogP contribution in [-0.2, 0) is 6.42 Å². The summed E-state index contributed by atoms with van der Waals surface area (Å²) in [6.07, 6.45) is 3.98. The molecule has 0 unspecified atom stereocenters. The standard InChI is InChI=1S/C10H9BrN2O2S/c11-9-7(2-5-15-9)10(14)13-3-1-8-12-4-6-16-8/h2,4-6H,1,3H2,(H,13,14). The molecule has 1 amide bonds. The summed E-state index contributed by atoms with van der Waals surface area (Å²) < 4.78 is 5.44. The fraction of sp³-hybridized carbons (Fsp3) is 0.200. The topological polar surface area (TPSA) is 55.1 Å². The number of aromatic nitrogens is 1. The van der Waals surface area contributed by atoms with Gasteiger partial charge in [-0.15, -0.1) is 11.3 Å². The number of hydrogen-bond donors (Lipinski definition) is 1. The monoisotopic (exact) mass is 300 g/mol. The minimum atomic E-state index is -0.141. The zero-order valence-corrected chi connectivity index (χ0v) is 10.7. The molecule has 16 heavy (non-hydrogen) atoms. The Hall–Kier alpha value is -1.14. The molecule has 0 saturated carbocycles. The fourth-order valence-corrected chi connectivity index (χ4v) is 2.25. The van der Waals surface area contributed by atoms with Gasteiger partial charge in [0.15, 0.2) is 4.67 Å². The molecule has 0 spiro atoms. The average molecular weight is 301 g/mol. The van der Waals surface area contributed by atoms with E-state index in [9.17, 15) is 4.79 Å². The van der Waals surface area contributed by atoms with Crippen LogP contribution in [0, 0.1) is 0 Å². The van der Waals surface area contributed by atoms with Gasteiger partial charge in [-0.3, -0.25) is 4.79 Å². The van der Waals surface area contributed by atoms with Gasteiger partial charge in [0.25, 0.3) is 5.91 Å². The number of halogens is 1. The third-order valence-electron chi connectivity index (χ3n) is 1.97. The van der Waals surface area contributed by atoms with Crippen LogP contribution >= 0.6 is 27.3 Å². The highest BCUT2D eigenvalue weighted by Crippen LogP contribution is 2.17. The molecule has 0 aliphatic carbocycles. The molecule has 4 nitrogen and oxygen atoms in total. The molecule has 0 bridgehead atoms. The largest absolute Gasteiger partial charge is 0.457 e. The molecule has 84 valence electrons. The lowest BCUT2D eigenvalue weighted by molar-refractivity contribution is 0.0952. The maximum atomic E-state index is 11.6. The summed E-state index contributed by atoms with van der Waals surface area (Å²) in [7, 11) is 0. The third kappa shape index (κ3) is 2.70. The van der Waals surface area contributed by atoms with Gasteiger partial charge in [-0.25, -0.2) is 4.98 Å². The predicted molar refractivity (Wildman–Crippen MR) is 64.6 cm³/mol. The molecular weight excluding hydrogens is 292 g/mol. The van der Waals surface area contributed by atoms with Gasteiger partial charge in [0.05, 0.1) is 16.8 Å². The van der Waals surface area contributed by atoms with Gasteiger partial charge in [-0.05, 0) is 22.0 Å². The van der Waals surface area contributed by atoms with E-state index in [4.69, 9.17) is 4.42 Å². The quantitative estimate of drug-likeness (QED) is 0.944. The van der Waals surface area contributed by atoms with E-state index in [1.807, 2.05) is 5.38 Å². The molecule has 0 atom stereocenters. The number of nitrogens with one attached hydrogen (secondary N) is 1. The Balaban J connectivity index is 1.83. The van der Waals surface area contributed by atoms with E-state index >= 15 is 0 Å². The maximum absolute atomic E-state index is 11.6. The Bertz CT molecular complexity index is 467. The lowest BCUT2D eigenvalue weighted by atomic mass is 10.3. The van der Waals surface area contributed by atoms with Crippen molar-refractivity contribution in [3.8, 4) is 0 Å². The van der Waals surface area contributed by atoms with Gasteiger partial charge in [0.2, 0.25) is 0 Å². The highest BCUT2D eigenvalue weighted by atomic mass is 79.9. The van der Waals surface area contributed by atoms with Gasteiger partial charge in [-0.2, -0.15) is 0 Å². The van der Waals surface area contributed by atoms with Gasteiger partial charge in [0, 0.05) is 24.5 Å².